The number of ether oxygens (including phenoxy) is 8. The molecule has 5 atom stereocenters. The van der Waals surface area contributed by atoms with Crippen molar-refractivity contribution >= 4 is 147 Å². The van der Waals surface area contributed by atoms with Gasteiger partial charge in [0.2, 0.25) is 17.7 Å². The van der Waals surface area contributed by atoms with E-state index in [-0.39, 0.29) is 53.7 Å². The fourth-order valence-electron chi connectivity index (χ4n) is 11.3. The van der Waals surface area contributed by atoms with Crippen molar-refractivity contribution in [2.45, 2.75) is 94.9 Å². The van der Waals surface area contributed by atoms with Crippen molar-refractivity contribution in [3.05, 3.63) is 126 Å². The van der Waals surface area contributed by atoms with E-state index >= 15 is 0 Å². The largest absolute Gasteiger partial charge is 0.478 e. The van der Waals surface area contributed by atoms with Gasteiger partial charge in [0.1, 0.15) is 58.9 Å². The van der Waals surface area contributed by atoms with Gasteiger partial charge in [0.25, 0.3) is 0 Å². The number of methoxy groups -OCH3 is 2. The van der Waals surface area contributed by atoms with E-state index in [0.717, 1.165) is 90.7 Å². The number of hydrogen-bond acceptors (Lipinski definition) is 26. The van der Waals surface area contributed by atoms with Crippen molar-refractivity contribution in [3.63, 3.8) is 0 Å². The van der Waals surface area contributed by atoms with Crippen molar-refractivity contribution in [3.8, 4) is 0 Å². The van der Waals surface area contributed by atoms with E-state index < -0.39 is 23.6 Å². The zero-order valence-corrected chi connectivity index (χ0v) is 63.4. The van der Waals surface area contributed by atoms with Crippen molar-refractivity contribution in [2.24, 2.45) is 5.92 Å². The molecule has 102 heavy (non-hydrogen) atoms. The van der Waals surface area contributed by atoms with Crippen molar-refractivity contribution in [1.82, 2.24) is 44.5 Å². The highest BCUT2D eigenvalue weighted by Crippen LogP contribution is 2.29. The Hall–Kier alpha value is -7.32. The number of rotatable bonds is 9. The summed E-state index contributed by atoms with van der Waals surface area (Å²) in [4.78, 5) is 111. The molecule has 3 amide bonds. The van der Waals surface area contributed by atoms with Crippen LogP contribution in [0.4, 0.5) is 29.1 Å². The first kappa shape index (κ1) is 80.4. The fourth-order valence-corrected chi connectivity index (χ4v) is 12.8. The maximum Gasteiger partial charge on any atom is 0.331 e. The molecule has 0 bridgehead atoms. The Labute approximate surface area is 624 Å². The van der Waals surface area contributed by atoms with E-state index in [9.17, 15) is 33.6 Å². The molecule has 5 unspecified atom stereocenters. The number of nitrogens with two attached hydrogens (primary N) is 2. The molecule has 8 aliphatic heterocycles. The minimum atomic E-state index is -1.01. The molecular weight excluding hydrogens is 1590 g/mol. The smallest absolute Gasteiger partial charge is 0.331 e. The first-order chi connectivity index (χ1) is 48.9. The van der Waals surface area contributed by atoms with Crippen LogP contribution in [-0.2, 0) is 103 Å². The van der Waals surface area contributed by atoms with Crippen LogP contribution in [-0.4, -0.2) is 227 Å². The van der Waals surface area contributed by atoms with E-state index in [1.54, 1.807) is 37.1 Å². The average Bonchev–Trinajstić information content (AvgIpc) is 1.65. The van der Waals surface area contributed by atoms with Gasteiger partial charge in [-0.1, -0.05) is 15.9 Å². The minimum absolute atomic E-state index is 0.0150. The molecule has 8 aliphatic rings. The van der Waals surface area contributed by atoms with E-state index in [0.29, 0.717) is 133 Å². The van der Waals surface area contributed by atoms with E-state index in [4.69, 9.17) is 49.7 Å². The number of morpholine rings is 4. The van der Waals surface area contributed by atoms with Gasteiger partial charge < -0.3 is 70.4 Å². The zero-order chi connectivity index (χ0) is 73.5. The predicted octanol–water partition coefficient (Wildman–Crippen LogP) is 6.63. The SMILES string of the molecule is CC(C)(C)OC(=O)/C=C/c1cnc2c(c1)CN1CCOCC1C(=O)N2.COC(=O)C1CCCOC1.COC(=O)C1COCCN1Cc1cc(Br)cnc1N.Nc1ncc(Br)cc1CBr.O=C(O)/C=C/c1cnc2c(c1)CN1CCOCC1C(=O)N2.O=C1Nc2ncc(Br)cc2CN2CCOCC12. The number of nitrogen functional groups attached to an aromatic ring is 2. The van der Waals surface area contributed by atoms with Gasteiger partial charge in [-0.15, -0.1) is 0 Å². The number of nitrogens with zero attached hydrogens (tertiary/aromatic N) is 9. The monoisotopic (exact) mass is 1670 g/mol. The summed E-state index contributed by atoms with van der Waals surface area (Å²) in [6.45, 7) is 16.2. The Morgan fingerprint density at radius 2 is 1.01 bits per heavy atom. The Kier molecular flexibility index (Phi) is 31.1. The number of alkyl halides is 1. The molecule has 5 saturated heterocycles. The van der Waals surface area contributed by atoms with Gasteiger partial charge >= 0.3 is 23.9 Å². The zero-order valence-electron chi connectivity index (χ0n) is 57.1. The maximum atomic E-state index is 12.3. The summed E-state index contributed by atoms with van der Waals surface area (Å²) in [5.41, 5.74) is 17.1. The van der Waals surface area contributed by atoms with Gasteiger partial charge in [-0.25, -0.2) is 34.5 Å². The highest BCUT2D eigenvalue weighted by Gasteiger charge is 2.37. The summed E-state index contributed by atoms with van der Waals surface area (Å²) in [6.07, 6.45) is 15.7. The number of amides is 3. The fraction of sp³-hybridized carbons (Fsp3) is 0.471. The number of pyridine rings is 5. The molecule has 5 fully saturated rings. The number of carboxylic acid groups (broad SMARTS) is 1. The summed E-state index contributed by atoms with van der Waals surface area (Å²) in [7, 11) is 2.79. The molecule has 0 saturated carbocycles. The molecule has 8 N–H and O–H groups in total. The number of carboxylic acids is 1. The average molecular weight is 1670 g/mol. The van der Waals surface area contributed by atoms with Crippen LogP contribution in [0, 0.1) is 5.92 Å². The number of carbonyl (C=O) groups is 7. The molecule has 13 heterocycles. The maximum absolute atomic E-state index is 12.3. The first-order valence-corrected chi connectivity index (χ1v) is 36.1. The van der Waals surface area contributed by atoms with E-state index in [1.165, 1.54) is 26.4 Å². The van der Waals surface area contributed by atoms with Crippen molar-refractivity contribution in [1.29, 1.82) is 0 Å². The third-order valence-corrected chi connectivity index (χ3v) is 18.4. The van der Waals surface area contributed by atoms with Gasteiger partial charge in [0.05, 0.1) is 79.6 Å². The van der Waals surface area contributed by atoms with Crippen molar-refractivity contribution < 1.29 is 76.6 Å². The lowest BCUT2D eigenvalue weighted by Crippen LogP contribution is -2.49. The molecule has 5 aromatic heterocycles. The molecule has 5 aromatic rings. The summed E-state index contributed by atoms with van der Waals surface area (Å²) in [5, 5.41) is 17.9. The first-order valence-electron chi connectivity index (χ1n) is 32.6. The molecule has 34 heteroatoms. The molecule has 13 rings (SSSR count). The quantitative estimate of drug-likeness (QED) is 0.0390. The Morgan fingerprint density at radius 3 is 1.47 bits per heavy atom. The highest BCUT2D eigenvalue weighted by molar-refractivity contribution is 9.11. The predicted molar refractivity (Wildman–Crippen MR) is 391 cm³/mol. The molecule has 30 nitrogen and oxygen atoms in total. The van der Waals surface area contributed by atoms with Gasteiger partial charge in [0.15, 0.2) is 0 Å². The van der Waals surface area contributed by atoms with E-state index in [1.807, 2.05) is 56.0 Å². The van der Waals surface area contributed by atoms with Crippen LogP contribution < -0.4 is 27.4 Å². The minimum Gasteiger partial charge on any atom is -0.478 e. The van der Waals surface area contributed by atoms with E-state index in [2.05, 4.69) is 124 Å². The molecule has 0 aliphatic carbocycles. The normalized spacial score (nSPS) is 21.1. The van der Waals surface area contributed by atoms with Crippen LogP contribution in [0.1, 0.15) is 72.6 Å². The number of aromatic nitrogens is 5. The number of carbonyl (C=O) groups excluding carboxylic acids is 6. The van der Waals surface area contributed by atoms with Gasteiger partial charge in [0, 0.05) is 149 Å². The van der Waals surface area contributed by atoms with Gasteiger partial charge in [-0.2, -0.15) is 0 Å². The third-order valence-electron chi connectivity index (χ3n) is 16.5. The van der Waals surface area contributed by atoms with Crippen LogP contribution in [0.3, 0.4) is 0 Å². The molecule has 0 aromatic carbocycles. The molecular formula is C68H84Br4N14O16. The molecule has 550 valence electrons. The number of halogens is 4. The number of hydrogen-bond donors (Lipinski definition) is 6. The van der Waals surface area contributed by atoms with Crippen molar-refractivity contribution in [2.75, 3.05) is 134 Å². The second-order valence-electron chi connectivity index (χ2n) is 25.0. The summed E-state index contributed by atoms with van der Waals surface area (Å²) in [6, 6.07) is 8.45. The van der Waals surface area contributed by atoms with Gasteiger partial charge in [-0.3, -0.25) is 43.6 Å². The number of nitrogens with one attached hydrogen (secondary N) is 3. The third kappa shape index (κ3) is 24.4. The Bertz CT molecular complexity index is 3810. The Morgan fingerprint density at radius 1 is 0.578 bits per heavy atom. The summed E-state index contributed by atoms with van der Waals surface area (Å²) < 4.78 is 43.9. The second kappa shape index (κ2) is 39.5. The number of aliphatic carboxylic acids is 1. The lowest BCUT2D eigenvalue weighted by molar-refractivity contribution is -0.154. The second-order valence-corrected chi connectivity index (χ2v) is 28.3. The lowest BCUT2D eigenvalue weighted by Gasteiger charge is -2.33. The summed E-state index contributed by atoms with van der Waals surface area (Å²) >= 11 is 13.4. The van der Waals surface area contributed by atoms with Crippen LogP contribution >= 0.6 is 63.7 Å². The standard InChI is InChI=1S/C18H23N3O4.C14H15N3O4.C12H16BrN3O3.C11H12BrN3O2.C7H12O3.C6H6Br2N2/c1-18(2,3)25-15(22)5-4-12-8-13-10-21-6-7-24-11-14(21)17(23)20-16(13)19-9-12;18-12(19)2-1-9-5-10-7-17-3-4-21-8-11(17)14(20)16-13(10)15-6-9;1-18-12(17)10-7-19-3-2-16(10)6-8-4-9(13)5-15-11(8)14;12-8-3-7-5-15-1-2-17-6-9(15)11(16)14-10(7)13-4-8;1-9-7(8)6-3-2-4-10-5-6;7-2-4-1-5(8)3-10-6(4)9/h4-5,8-9,14H,6-7,10-11H2,1-3H3,(H,19,20,23);1-2,5-6,11H,3-4,7-8H2,(H,18,19)(H,15,16,20);4-5,10H,2-3,6-7H2,1H3,(H2,14,15);3-4,9H,1-2,5-6H2,(H,13,14,16);6H,2-5H2,1H3;1,3H,2H2,(H2,9,10)/b5-4+;2-1+;;;;. The summed E-state index contributed by atoms with van der Waals surface area (Å²) in [5.74, 6) is 0.716. The van der Waals surface area contributed by atoms with Crippen LogP contribution in [0.2, 0.25) is 0 Å². The number of fused-ring (bicyclic) bond motifs is 6. The Balaban J connectivity index is 0.000000159. The highest BCUT2D eigenvalue weighted by atomic mass is 79.9. The van der Waals surface area contributed by atoms with Crippen LogP contribution in [0.25, 0.3) is 12.2 Å². The molecule has 0 radical (unpaired) electrons. The number of esters is 3. The number of anilines is 5. The topological polar surface area (TPSA) is 379 Å². The lowest BCUT2D eigenvalue weighted by atomic mass is 10.0. The van der Waals surface area contributed by atoms with Crippen LogP contribution in [0.5, 0.6) is 0 Å². The van der Waals surface area contributed by atoms with Gasteiger partial charge in [-0.05, 0) is 135 Å². The van der Waals surface area contributed by atoms with Crippen LogP contribution in [0.15, 0.2) is 86.9 Å². The molecule has 0 spiro atoms.